The Balaban J connectivity index is 2.49. The molecule has 0 bridgehead atoms. The van der Waals surface area contributed by atoms with E-state index in [4.69, 9.17) is 0 Å². The molecule has 1 rings (SSSR count). The van der Waals surface area contributed by atoms with E-state index in [-0.39, 0.29) is 22.7 Å². The summed E-state index contributed by atoms with van der Waals surface area (Å²) in [5.74, 6) is 0. The topological polar surface area (TPSA) is 32.3 Å². The van der Waals surface area contributed by atoms with E-state index in [1.165, 1.54) is 24.3 Å². The number of carbonyl (C=O) groups excluding carboxylic acids is 1. The quantitative estimate of drug-likeness (QED) is 0.594. The second-order valence-electron chi connectivity index (χ2n) is 4.63. The number of unbranched alkanes of at least 4 members (excludes halogenated alkanes) is 2. The SMILES string of the molecule is CCCCCN(C)C(=O)Nc1ccc(SC(F)(F)F)cc1. The molecule has 0 saturated carbocycles. The highest BCUT2D eigenvalue weighted by molar-refractivity contribution is 8.00. The maximum Gasteiger partial charge on any atom is 0.446 e. The van der Waals surface area contributed by atoms with Crippen molar-refractivity contribution in [3.63, 3.8) is 0 Å². The molecular weight excluding hydrogens is 301 g/mol. The van der Waals surface area contributed by atoms with E-state index in [1.807, 2.05) is 0 Å². The fourth-order valence-corrected chi connectivity index (χ4v) is 2.20. The number of amides is 2. The fourth-order valence-electron chi connectivity index (χ4n) is 1.66. The molecule has 0 aliphatic heterocycles. The Kier molecular flexibility index (Phi) is 6.87. The van der Waals surface area contributed by atoms with Crippen molar-refractivity contribution in [2.75, 3.05) is 18.9 Å². The molecule has 1 N–H and O–H groups in total. The number of carbonyl (C=O) groups is 1. The van der Waals surface area contributed by atoms with Gasteiger partial charge in [0.1, 0.15) is 0 Å². The van der Waals surface area contributed by atoms with Gasteiger partial charge in [0, 0.05) is 24.2 Å². The number of thioether (sulfide) groups is 1. The van der Waals surface area contributed by atoms with Crippen molar-refractivity contribution >= 4 is 23.5 Å². The van der Waals surface area contributed by atoms with Gasteiger partial charge in [-0.1, -0.05) is 19.8 Å². The minimum absolute atomic E-state index is 0.0943. The van der Waals surface area contributed by atoms with Gasteiger partial charge in [0.15, 0.2) is 0 Å². The zero-order valence-electron chi connectivity index (χ0n) is 12.0. The molecule has 7 heteroatoms. The van der Waals surface area contributed by atoms with Crippen LogP contribution in [0.4, 0.5) is 23.7 Å². The van der Waals surface area contributed by atoms with E-state index in [0.717, 1.165) is 19.3 Å². The van der Waals surface area contributed by atoms with E-state index in [1.54, 1.807) is 11.9 Å². The molecule has 118 valence electrons. The third kappa shape index (κ3) is 7.27. The second-order valence-corrected chi connectivity index (χ2v) is 5.77. The number of alkyl halides is 3. The molecule has 0 aliphatic rings. The molecule has 2 amide bonds. The van der Waals surface area contributed by atoms with Crippen molar-refractivity contribution in [1.82, 2.24) is 4.90 Å². The van der Waals surface area contributed by atoms with Gasteiger partial charge in [-0.3, -0.25) is 0 Å². The first kappa shape index (κ1) is 17.7. The van der Waals surface area contributed by atoms with Gasteiger partial charge >= 0.3 is 11.5 Å². The minimum atomic E-state index is -4.30. The average Bonchev–Trinajstić information content (AvgIpc) is 2.39. The first-order valence-electron chi connectivity index (χ1n) is 6.69. The van der Waals surface area contributed by atoms with Crippen LogP contribution < -0.4 is 5.32 Å². The molecular formula is C14H19F3N2OS. The van der Waals surface area contributed by atoms with E-state index in [9.17, 15) is 18.0 Å². The Bertz CT molecular complexity index is 449. The molecule has 1 aromatic rings. The molecule has 0 heterocycles. The first-order valence-corrected chi connectivity index (χ1v) is 7.51. The Morgan fingerprint density at radius 3 is 2.38 bits per heavy atom. The van der Waals surface area contributed by atoms with E-state index in [2.05, 4.69) is 12.2 Å². The van der Waals surface area contributed by atoms with Crippen LogP contribution in [0.25, 0.3) is 0 Å². The third-order valence-corrected chi connectivity index (χ3v) is 3.52. The van der Waals surface area contributed by atoms with Crippen molar-refractivity contribution < 1.29 is 18.0 Å². The fraction of sp³-hybridized carbons (Fsp3) is 0.500. The maximum absolute atomic E-state index is 12.2. The number of nitrogens with one attached hydrogen (secondary N) is 1. The molecule has 0 saturated heterocycles. The number of rotatable bonds is 6. The predicted molar refractivity (Wildman–Crippen MR) is 79.5 cm³/mol. The van der Waals surface area contributed by atoms with Gasteiger partial charge in [-0.05, 0) is 42.4 Å². The predicted octanol–water partition coefficient (Wildman–Crippen LogP) is 4.95. The van der Waals surface area contributed by atoms with E-state index in [0.29, 0.717) is 12.2 Å². The summed E-state index contributed by atoms with van der Waals surface area (Å²) in [6, 6.07) is 5.34. The maximum atomic E-state index is 12.2. The molecule has 0 aromatic heterocycles. The summed E-state index contributed by atoms with van der Waals surface area (Å²) in [6.07, 6.45) is 3.07. The van der Waals surface area contributed by atoms with E-state index < -0.39 is 5.51 Å². The number of hydrogen-bond donors (Lipinski definition) is 1. The first-order chi connectivity index (χ1) is 9.81. The highest BCUT2D eigenvalue weighted by Gasteiger charge is 2.29. The number of urea groups is 1. The lowest BCUT2D eigenvalue weighted by atomic mass is 10.2. The minimum Gasteiger partial charge on any atom is -0.328 e. The highest BCUT2D eigenvalue weighted by atomic mass is 32.2. The summed E-state index contributed by atoms with van der Waals surface area (Å²) < 4.78 is 36.6. The van der Waals surface area contributed by atoms with E-state index >= 15 is 0 Å². The van der Waals surface area contributed by atoms with Gasteiger partial charge < -0.3 is 10.2 Å². The number of halogens is 3. The van der Waals surface area contributed by atoms with Crippen LogP contribution in [0.2, 0.25) is 0 Å². The zero-order valence-corrected chi connectivity index (χ0v) is 12.9. The summed E-state index contributed by atoms with van der Waals surface area (Å²) in [7, 11) is 1.69. The molecule has 3 nitrogen and oxygen atoms in total. The Morgan fingerprint density at radius 1 is 1.24 bits per heavy atom. The highest BCUT2D eigenvalue weighted by Crippen LogP contribution is 2.37. The lowest BCUT2D eigenvalue weighted by Gasteiger charge is -2.18. The third-order valence-electron chi connectivity index (χ3n) is 2.78. The van der Waals surface area contributed by atoms with Crippen LogP contribution in [0.5, 0.6) is 0 Å². The summed E-state index contributed by atoms with van der Waals surface area (Å²) in [4.78, 5) is 13.5. The molecule has 0 radical (unpaired) electrons. The van der Waals surface area contributed by atoms with Crippen LogP contribution in [-0.2, 0) is 0 Å². The summed E-state index contributed by atoms with van der Waals surface area (Å²) in [5, 5.41) is 2.66. The van der Waals surface area contributed by atoms with Crippen molar-refractivity contribution in [1.29, 1.82) is 0 Å². The van der Waals surface area contributed by atoms with Gasteiger partial charge in [0.2, 0.25) is 0 Å². The molecule has 1 aromatic carbocycles. The second kappa shape index (κ2) is 8.17. The van der Waals surface area contributed by atoms with Gasteiger partial charge in [-0.15, -0.1) is 0 Å². The zero-order chi connectivity index (χ0) is 15.9. The van der Waals surface area contributed by atoms with Crippen LogP contribution in [0, 0.1) is 0 Å². The van der Waals surface area contributed by atoms with Crippen LogP contribution in [-0.4, -0.2) is 30.0 Å². The van der Waals surface area contributed by atoms with Crippen molar-refractivity contribution in [3.05, 3.63) is 24.3 Å². The molecule has 0 atom stereocenters. The molecule has 0 spiro atoms. The number of benzene rings is 1. The number of anilines is 1. The van der Waals surface area contributed by atoms with Crippen molar-refractivity contribution in [3.8, 4) is 0 Å². The van der Waals surface area contributed by atoms with Crippen LogP contribution in [0.15, 0.2) is 29.2 Å². The van der Waals surface area contributed by atoms with Gasteiger partial charge in [-0.25, -0.2) is 4.79 Å². The van der Waals surface area contributed by atoms with Gasteiger partial charge in [0.25, 0.3) is 0 Å². The summed E-state index contributed by atoms with van der Waals surface area (Å²) in [6.45, 7) is 2.74. The monoisotopic (exact) mass is 320 g/mol. The molecule has 0 fully saturated rings. The van der Waals surface area contributed by atoms with Crippen LogP contribution in [0.1, 0.15) is 26.2 Å². The Morgan fingerprint density at radius 2 is 1.86 bits per heavy atom. The lowest BCUT2D eigenvalue weighted by Crippen LogP contribution is -2.32. The normalized spacial score (nSPS) is 11.3. The lowest BCUT2D eigenvalue weighted by molar-refractivity contribution is -0.0328. The van der Waals surface area contributed by atoms with Crippen molar-refractivity contribution in [2.24, 2.45) is 0 Å². The molecule has 0 aliphatic carbocycles. The summed E-state index contributed by atoms with van der Waals surface area (Å²) in [5.41, 5.74) is -3.82. The van der Waals surface area contributed by atoms with Gasteiger partial charge in [-0.2, -0.15) is 13.2 Å². The smallest absolute Gasteiger partial charge is 0.328 e. The standard InChI is InChI=1S/C14H19F3N2OS/c1-3-4-5-10-19(2)13(20)18-11-6-8-12(9-7-11)21-14(15,16)17/h6-9H,3-5,10H2,1-2H3,(H,18,20). The number of hydrogen-bond acceptors (Lipinski definition) is 2. The van der Waals surface area contributed by atoms with Crippen molar-refractivity contribution in [2.45, 2.75) is 36.6 Å². The Hall–Kier alpha value is -1.37. The summed E-state index contributed by atoms with van der Waals surface area (Å²) >= 11 is -0.175. The molecule has 0 unspecified atom stereocenters. The number of nitrogens with zero attached hydrogens (tertiary/aromatic N) is 1. The average molecular weight is 320 g/mol. The van der Waals surface area contributed by atoms with Crippen LogP contribution >= 0.6 is 11.8 Å². The van der Waals surface area contributed by atoms with Gasteiger partial charge in [0.05, 0.1) is 0 Å². The largest absolute Gasteiger partial charge is 0.446 e. The Labute approximate surface area is 126 Å². The van der Waals surface area contributed by atoms with Crippen LogP contribution in [0.3, 0.4) is 0 Å². The molecule has 21 heavy (non-hydrogen) atoms.